The maximum atomic E-state index is 8.92. The van der Waals surface area contributed by atoms with Crippen LogP contribution < -0.4 is 4.74 Å². The smallest absolute Gasteiger partial charge is 0.122 e. The number of ether oxygens (including phenoxy) is 1. The molecule has 0 aliphatic rings. The molecule has 0 unspecified atom stereocenters. The second-order valence-electron chi connectivity index (χ2n) is 3.90. The van der Waals surface area contributed by atoms with Crippen molar-refractivity contribution < 1.29 is 9.84 Å². The zero-order valence-corrected chi connectivity index (χ0v) is 11.6. The van der Waals surface area contributed by atoms with Crippen molar-refractivity contribution in [1.29, 1.82) is 0 Å². The maximum absolute atomic E-state index is 8.92. The molecule has 1 aromatic heterocycles. The number of hydrogen-bond acceptors (Lipinski definition) is 4. The predicted octanol–water partition coefficient (Wildman–Crippen LogP) is 3.22. The van der Waals surface area contributed by atoms with Gasteiger partial charge in [0.05, 0.1) is 23.9 Å². The van der Waals surface area contributed by atoms with Gasteiger partial charge in [-0.1, -0.05) is 11.6 Å². The van der Waals surface area contributed by atoms with Crippen molar-refractivity contribution in [1.82, 2.24) is 4.98 Å². The van der Waals surface area contributed by atoms with Crippen LogP contribution in [0, 0.1) is 6.92 Å². The molecule has 1 N–H and O–H groups in total. The molecule has 0 aliphatic carbocycles. The SMILES string of the molecule is Cc1cc(Cl)ccc1OCCc1nc(CO)cs1. The summed E-state index contributed by atoms with van der Waals surface area (Å²) < 4.78 is 5.68. The summed E-state index contributed by atoms with van der Waals surface area (Å²) in [5.41, 5.74) is 1.75. The summed E-state index contributed by atoms with van der Waals surface area (Å²) in [6, 6.07) is 5.57. The highest BCUT2D eigenvalue weighted by Gasteiger charge is 2.03. The Morgan fingerprint density at radius 2 is 2.28 bits per heavy atom. The lowest BCUT2D eigenvalue weighted by atomic mass is 10.2. The molecule has 0 aliphatic heterocycles. The average Bonchev–Trinajstić information content (AvgIpc) is 2.80. The fourth-order valence-corrected chi connectivity index (χ4v) is 2.56. The van der Waals surface area contributed by atoms with Crippen LogP contribution in [-0.4, -0.2) is 16.7 Å². The largest absolute Gasteiger partial charge is 0.493 e. The van der Waals surface area contributed by atoms with Gasteiger partial charge >= 0.3 is 0 Å². The first-order chi connectivity index (χ1) is 8.69. The van der Waals surface area contributed by atoms with Crippen LogP contribution in [0.3, 0.4) is 0 Å². The van der Waals surface area contributed by atoms with E-state index in [1.54, 1.807) is 11.3 Å². The number of aliphatic hydroxyl groups is 1. The van der Waals surface area contributed by atoms with Gasteiger partial charge in [0.2, 0.25) is 0 Å². The summed E-state index contributed by atoms with van der Waals surface area (Å²) in [4.78, 5) is 4.26. The topological polar surface area (TPSA) is 42.4 Å². The van der Waals surface area contributed by atoms with E-state index in [0.717, 1.165) is 28.4 Å². The third kappa shape index (κ3) is 3.45. The molecule has 0 amide bonds. The molecule has 3 nitrogen and oxygen atoms in total. The minimum absolute atomic E-state index is 0.00630. The Hall–Kier alpha value is -1.10. The Balaban J connectivity index is 1.88. The predicted molar refractivity (Wildman–Crippen MR) is 73.4 cm³/mol. The first kappa shape index (κ1) is 13.3. The van der Waals surface area contributed by atoms with Crippen molar-refractivity contribution in [3.63, 3.8) is 0 Å². The minimum atomic E-state index is -0.00630. The van der Waals surface area contributed by atoms with Crippen molar-refractivity contribution in [3.05, 3.63) is 44.9 Å². The van der Waals surface area contributed by atoms with Crippen LogP contribution in [-0.2, 0) is 13.0 Å². The van der Waals surface area contributed by atoms with Gasteiger partial charge in [0.25, 0.3) is 0 Å². The molecule has 18 heavy (non-hydrogen) atoms. The van der Waals surface area contributed by atoms with Crippen LogP contribution in [0.1, 0.15) is 16.3 Å². The van der Waals surface area contributed by atoms with E-state index in [0.29, 0.717) is 11.6 Å². The fraction of sp³-hybridized carbons (Fsp3) is 0.308. The van der Waals surface area contributed by atoms with Crippen molar-refractivity contribution in [2.24, 2.45) is 0 Å². The second-order valence-corrected chi connectivity index (χ2v) is 5.28. The number of hydrogen-bond donors (Lipinski definition) is 1. The average molecular weight is 284 g/mol. The summed E-state index contributed by atoms with van der Waals surface area (Å²) in [6.07, 6.45) is 0.743. The van der Waals surface area contributed by atoms with Crippen LogP contribution in [0.4, 0.5) is 0 Å². The highest BCUT2D eigenvalue weighted by Crippen LogP contribution is 2.22. The Morgan fingerprint density at radius 3 is 2.94 bits per heavy atom. The molecule has 2 rings (SSSR count). The summed E-state index contributed by atoms with van der Waals surface area (Å²) >= 11 is 7.42. The number of thiazole rings is 1. The molecule has 0 bridgehead atoms. The number of benzene rings is 1. The Bertz CT molecular complexity index is 527. The number of halogens is 1. The molecule has 1 heterocycles. The highest BCUT2D eigenvalue weighted by molar-refractivity contribution is 7.09. The van der Waals surface area contributed by atoms with E-state index in [4.69, 9.17) is 21.4 Å². The molecule has 0 atom stereocenters. The van der Waals surface area contributed by atoms with Crippen molar-refractivity contribution in [2.75, 3.05) is 6.61 Å². The number of rotatable bonds is 5. The Kier molecular flexibility index (Phi) is 4.58. The minimum Gasteiger partial charge on any atom is -0.493 e. The Labute approximate surface area is 115 Å². The molecule has 0 fully saturated rings. The first-order valence-electron chi connectivity index (χ1n) is 5.62. The molecule has 5 heteroatoms. The summed E-state index contributed by atoms with van der Waals surface area (Å²) in [5, 5.41) is 12.5. The molecule has 96 valence electrons. The van der Waals surface area contributed by atoms with Gasteiger partial charge in [-0.3, -0.25) is 0 Å². The van der Waals surface area contributed by atoms with Crippen LogP contribution in [0.2, 0.25) is 5.02 Å². The zero-order chi connectivity index (χ0) is 13.0. The number of aryl methyl sites for hydroxylation is 1. The van der Waals surface area contributed by atoms with Gasteiger partial charge in [0.15, 0.2) is 0 Å². The molecular formula is C13H14ClNO2S. The van der Waals surface area contributed by atoms with Gasteiger partial charge in [-0.15, -0.1) is 11.3 Å². The van der Waals surface area contributed by atoms with Gasteiger partial charge < -0.3 is 9.84 Å². The quantitative estimate of drug-likeness (QED) is 0.916. The molecule has 0 spiro atoms. The van der Waals surface area contributed by atoms with Crippen molar-refractivity contribution in [3.8, 4) is 5.75 Å². The third-order valence-electron chi connectivity index (χ3n) is 2.47. The van der Waals surface area contributed by atoms with E-state index in [1.165, 1.54) is 0 Å². The first-order valence-corrected chi connectivity index (χ1v) is 6.88. The molecule has 0 radical (unpaired) electrons. The molecular weight excluding hydrogens is 270 g/mol. The van der Waals surface area contributed by atoms with Gasteiger partial charge in [-0.2, -0.15) is 0 Å². The lowest BCUT2D eigenvalue weighted by Crippen LogP contribution is -2.02. The molecule has 1 aromatic carbocycles. The van der Waals surface area contributed by atoms with Gasteiger partial charge in [0.1, 0.15) is 5.75 Å². The summed E-state index contributed by atoms with van der Waals surface area (Å²) in [7, 11) is 0. The van der Waals surface area contributed by atoms with Crippen molar-refractivity contribution >= 4 is 22.9 Å². The monoisotopic (exact) mass is 283 g/mol. The van der Waals surface area contributed by atoms with E-state index in [-0.39, 0.29) is 6.61 Å². The maximum Gasteiger partial charge on any atom is 0.122 e. The second kappa shape index (κ2) is 6.18. The van der Waals surface area contributed by atoms with Gasteiger partial charge in [-0.05, 0) is 30.7 Å². The highest BCUT2D eigenvalue weighted by atomic mass is 35.5. The number of aromatic nitrogens is 1. The van der Waals surface area contributed by atoms with Crippen LogP contribution in [0.25, 0.3) is 0 Å². The van der Waals surface area contributed by atoms with E-state index >= 15 is 0 Å². The normalized spacial score (nSPS) is 10.6. The molecule has 2 aromatic rings. The fourth-order valence-electron chi connectivity index (χ4n) is 1.56. The van der Waals surface area contributed by atoms with E-state index < -0.39 is 0 Å². The zero-order valence-electron chi connectivity index (χ0n) is 10.0. The van der Waals surface area contributed by atoms with Crippen LogP contribution in [0.15, 0.2) is 23.6 Å². The third-order valence-corrected chi connectivity index (χ3v) is 3.66. The summed E-state index contributed by atoms with van der Waals surface area (Å²) in [6.45, 7) is 2.53. The van der Waals surface area contributed by atoms with Gasteiger partial charge in [0, 0.05) is 16.8 Å². The number of nitrogens with zero attached hydrogens (tertiary/aromatic N) is 1. The van der Waals surface area contributed by atoms with E-state index in [1.807, 2.05) is 30.5 Å². The summed E-state index contributed by atoms with van der Waals surface area (Å²) in [5.74, 6) is 0.846. The lowest BCUT2D eigenvalue weighted by Gasteiger charge is -2.08. The number of aliphatic hydroxyl groups excluding tert-OH is 1. The van der Waals surface area contributed by atoms with Crippen LogP contribution >= 0.6 is 22.9 Å². The molecule has 0 saturated carbocycles. The molecule has 0 saturated heterocycles. The van der Waals surface area contributed by atoms with Crippen molar-refractivity contribution in [2.45, 2.75) is 20.0 Å². The van der Waals surface area contributed by atoms with E-state index in [2.05, 4.69) is 4.98 Å². The Morgan fingerprint density at radius 1 is 1.44 bits per heavy atom. The van der Waals surface area contributed by atoms with Gasteiger partial charge in [-0.25, -0.2) is 4.98 Å². The van der Waals surface area contributed by atoms with Crippen LogP contribution in [0.5, 0.6) is 5.75 Å². The standard InChI is InChI=1S/C13H14ClNO2S/c1-9-6-10(14)2-3-12(9)17-5-4-13-15-11(7-16)8-18-13/h2-3,6,8,16H,4-5,7H2,1H3. The van der Waals surface area contributed by atoms with E-state index in [9.17, 15) is 0 Å². The lowest BCUT2D eigenvalue weighted by molar-refractivity contribution is 0.277.